The van der Waals surface area contributed by atoms with Crippen molar-refractivity contribution >= 4 is 50.4 Å². The Balaban J connectivity index is 1.68. The lowest BCUT2D eigenvalue weighted by Crippen LogP contribution is -2.27. The molecule has 2 aromatic heterocycles. The van der Waals surface area contributed by atoms with Crippen molar-refractivity contribution in [2.75, 3.05) is 24.6 Å². The van der Waals surface area contributed by atoms with Gasteiger partial charge in [0.2, 0.25) is 0 Å². The summed E-state index contributed by atoms with van der Waals surface area (Å²) in [6.45, 7) is 3.77. The van der Waals surface area contributed by atoms with Crippen molar-refractivity contribution in [3.63, 3.8) is 0 Å². The van der Waals surface area contributed by atoms with Crippen LogP contribution in [0.4, 0.5) is 11.4 Å². The number of anilines is 2. The van der Waals surface area contributed by atoms with E-state index < -0.39 is 0 Å². The van der Waals surface area contributed by atoms with Crippen molar-refractivity contribution in [2.24, 2.45) is 0 Å². The summed E-state index contributed by atoms with van der Waals surface area (Å²) in [6.07, 6.45) is 0.920. The minimum Gasteiger partial charge on any atom is -0.397 e. The number of nitrogens with zero attached hydrogens (tertiary/aromatic N) is 2. The number of likely N-dealkylation sites (N-methyl/N-ethyl adjacent to an activating group) is 1. The number of nitrogens with two attached hydrogens (primary N) is 1. The van der Waals surface area contributed by atoms with Gasteiger partial charge in [0.05, 0.1) is 5.69 Å². The lowest BCUT2D eigenvalue weighted by atomic mass is 10.0. The normalized spacial score (nSPS) is 14.4. The van der Waals surface area contributed by atoms with E-state index in [-0.39, 0.29) is 5.91 Å². The summed E-state index contributed by atoms with van der Waals surface area (Å²) in [5.74, 6) is -0.236. The molecule has 134 valence electrons. The first-order chi connectivity index (χ1) is 12.4. The zero-order valence-corrected chi connectivity index (χ0v) is 16.2. The van der Waals surface area contributed by atoms with E-state index in [4.69, 9.17) is 22.3 Å². The summed E-state index contributed by atoms with van der Waals surface area (Å²) < 4.78 is 0. The molecule has 0 atom stereocenters. The van der Waals surface area contributed by atoms with Gasteiger partial charge in [-0.05, 0) is 43.3 Å². The van der Waals surface area contributed by atoms with Crippen LogP contribution < -0.4 is 11.1 Å². The number of fused-ring (bicyclic) bond motifs is 2. The van der Waals surface area contributed by atoms with Gasteiger partial charge in [-0.3, -0.25) is 4.79 Å². The van der Waals surface area contributed by atoms with Crippen molar-refractivity contribution in [3.8, 4) is 0 Å². The van der Waals surface area contributed by atoms with Crippen molar-refractivity contribution < 1.29 is 4.79 Å². The molecule has 1 amide bonds. The second kappa shape index (κ2) is 6.54. The third-order valence-corrected chi connectivity index (χ3v) is 6.22. The van der Waals surface area contributed by atoms with Crippen LogP contribution in [0.3, 0.4) is 0 Å². The van der Waals surface area contributed by atoms with E-state index in [1.54, 1.807) is 6.07 Å². The number of hydrogen-bond acceptors (Lipinski definition) is 5. The van der Waals surface area contributed by atoms with Crippen LogP contribution >= 0.6 is 22.9 Å². The fourth-order valence-corrected chi connectivity index (χ4v) is 4.34. The second-order valence-corrected chi connectivity index (χ2v) is 8.10. The number of thiophene rings is 1. The van der Waals surface area contributed by atoms with Gasteiger partial charge >= 0.3 is 0 Å². The molecule has 3 heterocycles. The van der Waals surface area contributed by atoms with E-state index in [1.165, 1.54) is 16.9 Å². The minimum absolute atomic E-state index is 0.236. The molecule has 0 radical (unpaired) electrons. The fraction of sp³-hybridized carbons (Fsp3) is 0.263. The highest BCUT2D eigenvalue weighted by atomic mass is 35.5. The molecule has 4 rings (SSSR count). The highest BCUT2D eigenvalue weighted by molar-refractivity contribution is 7.21. The van der Waals surface area contributed by atoms with Gasteiger partial charge in [0.1, 0.15) is 9.71 Å². The van der Waals surface area contributed by atoms with Crippen LogP contribution in [0.25, 0.3) is 10.2 Å². The van der Waals surface area contributed by atoms with Gasteiger partial charge in [-0.2, -0.15) is 0 Å². The van der Waals surface area contributed by atoms with Gasteiger partial charge in [-0.1, -0.05) is 17.7 Å². The summed E-state index contributed by atoms with van der Waals surface area (Å²) in [5.41, 5.74) is 10.7. The first-order valence-corrected chi connectivity index (χ1v) is 9.58. The Bertz CT molecular complexity index is 1030. The predicted octanol–water partition coefficient (Wildman–Crippen LogP) is 4.08. The molecule has 0 unspecified atom stereocenters. The molecule has 0 aliphatic carbocycles. The average Bonchev–Trinajstić information content (AvgIpc) is 2.92. The van der Waals surface area contributed by atoms with Crippen LogP contribution in [0, 0.1) is 6.92 Å². The number of halogens is 1. The molecular formula is C19H19ClN4OS. The molecular weight excluding hydrogens is 368 g/mol. The van der Waals surface area contributed by atoms with Crippen molar-refractivity contribution in [2.45, 2.75) is 19.9 Å². The van der Waals surface area contributed by atoms with Gasteiger partial charge in [-0.25, -0.2) is 4.98 Å². The number of benzene rings is 1. The van der Waals surface area contributed by atoms with Crippen LogP contribution in [0.15, 0.2) is 24.3 Å². The quantitative estimate of drug-likeness (QED) is 0.696. The van der Waals surface area contributed by atoms with Crippen molar-refractivity contribution in [1.29, 1.82) is 0 Å². The fourth-order valence-electron chi connectivity index (χ4n) is 3.17. The van der Waals surface area contributed by atoms with E-state index in [2.05, 4.69) is 23.3 Å². The van der Waals surface area contributed by atoms with Crippen LogP contribution in [0.2, 0.25) is 5.02 Å². The minimum atomic E-state index is -0.236. The number of nitrogen functional groups attached to an aromatic ring is 1. The van der Waals surface area contributed by atoms with Gasteiger partial charge in [-0.15, -0.1) is 11.3 Å². The summed E-state index contributed by atoms with van der Waals surface area (Å²) in [7, 11) is 2.09. The monoisotopic (exact) mass is 386 g/mol. The lowest BCUT2D eigenvalue weighted by molar-refractivity contribution is 0.103. The molecule has 1 aromatic carbocycles. The lowest BCUT2D eigenvalue weighted by Gasteiger charge is -2.24. The summed E-state index contributed by atoms with van der Waals surface area (Å²) in [6, 6.07) is 7.53. The number of carbonyl (C=O) groups excluding carboxylic acids is 1. The number of hydrogen-bond donors (Lipinski definition) is 2. The Labute approximate surface area is 160 Å². The van der Waals surface area contributed by atoms with E-state index in [9.17, 15) is 4.79 Å². The van der Waals surface area contributed by atoms with Crippen LogP contribution in [-0.4, -0.2) is 29.4 Å². The van der Waals surface area contributed by atoms with Crippen LogP contribution in [0.5, 0.6) is 0 Å². The largest absolute Gasteiger partial charge is 0.397 e. The number of aryl methyl sites for hydroxylation is 1. The van der Waals surface area contributed by atoms with Gasteiger partial charge in [0, 0.05) is 41.3 Å². The molecule has 3 aromatic rings. The molecule has 5 nitrogen and oxygen atoms in total. The van der Waals surface area contributed by atoms with Crippen LogP contribution in [-0.2, 0) is 13.0 Å². The number of aromatic nitrogens is 1. The molecule has 0 bridgehead atoms. The van der Waals surface area contributed by atoms with E-state index in [0.717, 1.165) is 41.0 Å². The zero-order valence-electron chi connectivity index (χ0n) is 14.6. The summed E-state index contributed by atoms with van der Waals surface area (Å²) >= 11 is 7.47. The summed E-state index contributed by atoms with van der Waals surface area (Å²) in [5, 5.41) is 4.35. The number of carbonyl (C=O) groups is 1. The standard InChI is InChI=1S/C19H19ClN4OS/c1-10-3-4-12(8-14(10)20)22-18(25)17-16(21)13-7-11-9-24(2)6-5-15(11)23-19(13)26-17/h3-4,7-8H,5-6,9,21H2,1-2H3,(H,22,25). The Morgan fingerprint density at radius 1 is 1.38 bits per heavy atom. The smallest absolute Gasteiger partial charge is 0.267 e. The number of nitrogens with one attached hydrogen (secondary N) is 1. The highest BCUT2D eigenvalue weighted by Crippen LogP contribution is 2.35. The first kappa shape index (κ1) is 17.3. The van der Waals surface area contributed by atoms with E-state index in [1.807, 2.05) is 19.1 Å². The topological polar surface area (TPSA) is 71.2 Å². The Morgan fingerprint density at radius 3 is 2.96 bits per heavy atom. The SMILES string of the molecule is Cc1ccc(NC(=O)c2sc3nc4c(cc3c2N)CN(C)CC4)cc1Cl. The molecule has 0 saturated heterocycles. The summed E-state index contributed by atoms with van der Waals surface area (Å²) in [4.78, 5) is 21.0. The maximum Gasteiger partial charge on any atom is 0.267 e. The molecule has 0 fully saturated rings. The Kier molecular flexibility index (Phi) is 4.34. The van der Waals surface area contributed by atoms with Crippen LogP contribution in [0.1, 0.15) is 26.5 Å². The van der Waals surface area contributed by atoms with Crippen molar-refractivity contribution in [1.82, 2.24) is 9.88 Å². The number of rotatable bonds is 2. The maximum absolute atomic E-state index is 12.7. The molecule has 26 heavy (non-hydrogen) atoms. The average molecular weight is 387 g/mol. The molecule has 3 N–H and O–H groups in total. The van der Waals surface area contributed by atoms with E-state index in [0.29, 0.717) is 21.3 Å². The molecule has 0 saturated carbocycles. The molecule has 1 aliphatic rings. The first-order valence-electron chi connectivity index (χ1n) is 8.39. The number of pyridine rings is 1. The molecule has 0 spiro atoms. The van der Waals surface area contributed by atoms with Gasteiger partial charge in [0.15, 0.2) is 0 Å². The Morgan fingerprint density at radius 2 is 2.19 bits per heavy atom. The van der Waals surface area contributed by atoms with Gasteiger partial charge < -0.3 is 16.0 Å². The molecule has 1 aliphatic heterocycles. The third-order valence-electron chi connectivity index (χ3n) is 4.70. The van der Waals surface area contributed by atoms with Crippen molar-refractivity contribution in [3.05, 3.63) is 51.0 Å². The molecule has 7 heteroatoms. The predicted molar refractivity (Wildman–Crippen MR) is 108 cm³/mol. The highest BCUT2D eigenvalue weighted by Gasteiger charge is 2.21. The zero-order chi connectivity index (χ0) is 18.4. The number of amides is 1. The second-order valence-electron chi connectivity index (χ2n) is 6.70. The maximum atomic E-state index is 12.7. The third kappa shape index (κ3) is 3.05. The van der Waals surface area contributed by atoms with E-state index >= 15 is 0 Å². The van der Waals surface area contributed by atoms with Gasteiger partial charge in [0.25, 0.3) is 5.91 Å². The Hall–Kier alpha value is -2.15.